The Kier molecular flexibility index (Phi) is 4.41. The molecule has 0 aromatic carbocycles. The van der Waals surface area contributed by atoms with Crippen LogP contribution in [0.3, 0.4) is 0 Å². The zero-order valence-electron chi connectivity index (χ0n) is 9.96. The van der Waals surface area contributed by atoms with E-state index in [2.05, 4.69) is 14.2 Å². The van der Waals surface area contributed by atoms with E-state index < -0.39 is 35.1 Å². The number of carbonyl (C=O) groups excluding carboxylic acids is 1. The standard InChI is InChI=1S/C10H10F3NO5/c1-3-18-9(16)5-4-6(19-10(11,12)13)7(17-2)8(15)14-5/h4H,3H2,1-2H3,(H,14,15). The van der Waals surface area contributed by atoms with Crippen molar-refractivity contribution in [3.63, 3.8) is 0 Å². The van der Waals surface area contributed by atoms with Gasteiger partial charge in [-0.3, -0.25) is 4.79 Å². The van der Waals surface area contributed by atoms with Crippen molar-refractivity contribution in [1.82, 2.24) is 4.98 Å². The van der Waals surface area contributed by atoms with Crippen LogP contribution in [0.15, 0.2) is 10.9 Å². The van der Waals surface area contributed by atoms with Crippen molar-refractivity contribution in [1.29, 1.82) is 0 Å². The Bertz CT molecular complexity index is 523. The van der Waals surface area contributed by atoms with E-state index in [1.165, 1.54) is 6.92 Å². The van der Waals surface area contributed by atoms with Crippen molar-refractivity contribution < 1.29 is 32.2 Å². The quantitative estimate of drug-likeness (QED) is 0.845. The molecule has 106 valence electrons. The van der Waals surface area contributed by atoms with Crippen LogP contribution in [-0.2, 0) is 4.74 Å². The molecule has 1 heterocycles. The van der Waals surface area contributed by atoms with E-state index in [0.29, 0.717) is 6.07 Å². The van der Waals surface area contributed by atoms with E-state index >= 15 is 0 Å². The lowest BCUT2D eigenvalue weighted by Gasteiger charge is -2.12. The Hall–Kier alpha value is -2.19. The summed E-state index contributed by atoms with van der Waals surface area (Å²) in [4.78, 5) is 24.8. The van der Waals surface area contributed by atoms with Gasteiger partial charge in [-0.15, -0.1) is 13.2 Å². The highest BCUT2D eigenvalue weighted by Gasteiger charge is 2.33. The van der Waals surface area contributed by atoms with Crippen LogP contribution < -0.4 is 15.0 Å². The lowest BCUT2D eigenvalue weighted by molar-refractivity contribution is -0.275. The SMILES string of the molecule is CCOC(=O)c1cc(OC(F)(F)F)c(OC)c(=O)[nH]1. The minimum absolute atomic E-state index is 0.00234. The van der Waals surface area contributed by atoms with Crippen LogP contribution in [0.4, 0.5) is 13.2 Å². The molecule has 0 fully saturated rings. The first-order valence-electron chi connectivity index (χ1n) is 5.02. The van der Waals surface area contributed by atoms with E-state index in [-0.39, 0.29) is 6.61 Å². The zero-order valence-corrected chi connectivity index (χ0v) is 9.96. The van der Waals surface area contributed by atoms with Crippen LogP contribution in [0.2, 0.25) is 0 Å². The smallest absolute Gasteiger partial charge is 0.488 e. The number of nitrogens with one attached hydrogen (secondary N) is 1. The highest BCUT2D eigenvalue weighted by Crippen LogP contribution is 2.29. The van der Waals surface area contributed by atoms with Crippen LogP contribution in [0.1, 0.15) is 17.4 Å². The van der Waals surface area contributed by atoms with Gasteiger partial charge < -0.3 is 19.2 Å². The molecule has 0 aliphatic carbocycles. The number of aromatic amines is 1. The minimum Gasteiger partial charge on any atom is -0.488 e. The molecule has 0 unspecified atom stereocenters. The third-order valence-corrected chi connectivity index (χ3v) is 1.88. The van der Waals surface area contributed by atoms with Crippen molar-refractivity contribution in [3.05, 3.63) is 22.1 Å². The summed E-state index contributed by atoms with van der Waals surface area (Å²) in [5.74, 6) is -2.58. The second-order valence-corrected chi connectivity index (χ2v) is 3.18. The topological polar surface area (TPSA) is 77.6 Å². The van der Waals surface area contributed by atoms with E-state index in [1.807, 2.05) is 4.98 Å². The second kappa shape index (κ2) is 5.63. The van der Waals surface area contributed by atoms with Crippen molar-refractivity contribution in [2.75, 3.05) is 13.7 Å². The summed E-state index contributed by atoms with van der Waals surface area (Å²) < 4.78 is 49.2. The highest BCUT2D eigenvalue weighted by molar-refractivity contribution is 5.87. The van der Waals surface area contributed by atoms with Crippen LogP contribution in [0, 0.1) is 0 Å². The number of carbonyl (C=O) groups is 1. The van der Waals surface area contributed by atoms with Gasteiger partial charge in [0.05, 0.1) is 13.7 Å². The number of pyridine rings is 1. The summed E-state index contributed by atoms with van der Waals surface area (Å²) in [6.45, 7) is 1.51. The molecule has 1 aromatic rings. The summed E-state index contributed by atoms with van der Waals surface area (Å²) in [7, 11) is 0.998. The number of alkyl halides is 3. The summed E-state index contributed by atoms with van der Waals surface area (Å²) in [6.07, 6.45) is -5.02. The molecule has 0 amide bonds. The van der Waals surface area contributed by atoms with Gasteiger partial charge in [0.1, 0.15) is 5.69 Å². The fraction of sp³-hybridized carbons (Fsp3) is 0.400. The van der Waals surface area contributed by atoms with Crippen LogP contribution in [0.25, 0.3) is 0 Å². The molecule has 0 aliphatic rings. The van der Waals surface area contributed by atoms with Gasteiger partial charge in [0.15, 0.2) is 5.75 Å². The van der Waals surface area contributed by atoms with Gasteiger partial charge in [-0.2, -0.15) is 0 Å². The molecular formula is C10H10F3NO5. The van der Waals surface area contributed by atoms with Crippen molar-refractivity contribution in [3.8, 4) is 11.5 Å². The number of H-pyrrole nitrogens is 1. The van der Waals surface area contributed by atoms with Gasteiger partial charge in [-0.05, 0) is 6.92 Å². The molecule has 0 aliphatic heterocycles. The maximum atomic E-state index is 12.2. The molecule has 0 bridgehead atoms. The molecular weight excluding hydrogens is 271 g/mol. The number of halogens is 3. The van der Waals surface area contributed by atoms with Gasteiger partial charge in [0, 0.05) is 6.07 Å². The Labute approximate surface area is 105 Å². The molecule has 0 atom stereocenters. The fourth-order valence-electron chi connectivity index (χ4n) is 1.24. The maximum Gasteiger partial charge on any atom is 0.573 e. The molecule has 9 heteroatoms. The Morgan fingerprint density at radius 1 is 1.42 bits per heavy atom. The predicted octanol–water partition coefficient (Wildman–Crippen LogP) is 1.46. The maximum absolute atomic E-state index is 12.2. The molecule has 6 nitrogen and oxygen atoms in total. The Morgan fingerprint density at radius 3 is 2.53 bits per heavy atom. The molecule has 0 saturated carbocycles. The number of esters is 1. The zero-order chi connectivity index (χ0) is 14.6. The van der Waals surface area contributed by atoms with Gasteiger partial charge in [0.25, 0.3) is 5.56 Å². The monoisotopic (exact) mass is 281 g/mol. The van der Waals surface area contributed by atoms with Crippen LogP contribution in [0.5, 0.6) is 11.5 Å². The lowest BCUT2D eigenvalue weighted by atomic mass is 10.3. The summed E-state index contributed by atoms with van der Waals surface area (Å²) in [6, 6.07) is 0.686. The first-order valence-corrected chi connectivity index (χ1v) is 5.02. The number of methoxy groups -OCH3 is 1. The number of hydrogen-bond acceptors (Lipinski definition) is 5. The number of hydrogen-bond donors (Lipinski definition) is 1. The van der Waals surface area contributed by atoms with Crippen LogP contribution >= 0.6 is 0 Å². The lowest BCUT2D eigenvalue weighted by Crippen LogP contribution is -2.22. The third-order valence-electron chi connectivity index (χ3n) is 1.88. The average molecular weight is 281 g/mol. The number of aromatic nitrogens is 1. The Balaban J connectivity index is 3.26. The van der Waals surface area contributed by atoms with Gasteiger partial charge in [-0.25, -0.2) is 4.79 Å². The predicted molar refractivity (Wildman–Crippen MR) is 56.3 cm³/mol. The van der Waals surface area contributed by atoms with Crippen molar-refractivity contribution >= 4 is 5.97 Å². The Morgan fingerprint density at radius 2 is 2.05 bits per heavy atom. The average Bonchev–Trinajstić information content (AvgIpc) is 2.26. The van der Waals surface area contributed by atoms with Crippen molar-refractivity contribution in [2.45, 2.75) is 13.3 Å². The first-order chi connectivity index (χ1) is 8.78. The molecule has 1 rings (SSSR count). The molecule has 1 N–H and O–H groups in total. The largest absolute Gasteiger partial charge is 0.573 e. The number of rotatable bonds is 4. The van der Waals surface area contributed by atoms with Gasteiger partial charge >= 0.3 is 12.3 Å². The summed E-state index contributed by atoms with van der Waals surface area (Å²) in [5, 5.41) is 0. The van der Waals surface area contributed by atoms with E-state index in [4.69, 9.17) is 0 Å². The van der Waals surface area contributed by atoms with Crippen molar-refractivity contribution in [2.24, 2.45) is 0 Å². The van der Waals surface area contributed by atoms with E-state index in [1.54, 1.807) is 0 Å². The second-order valence-electron chi connectivity index (χ2n) is 3.18. The first kappa shape index (κ1) is 14.9. The molecule has 0 saturated heterocycles. The molecule has 0 radical (unpaired) electrons. The van der Waals surface area contributed by atoms with Gasteiger partial charge in [0.2, 0.25) is 5.75 Å². The van der Waals surface area contributed by atoms with E-state index in [9.17, 15) is 22.8 Å². The molecule has 0 spiro atoms. The minimum atomic E-state index is -5.02. The highest BCUT2D eigenvalue weighted by atomic mass is 19.4. The normalized spacial score (nSPS) is 11.0. The summed E-state index contributed by atoms with van der Waals surface area (Å²) >= 11 is 0. The van der Waals surface area contributed by atoms with Gasteiger partial charge in [-0.1, -0.05) is 0 Å². The van der Waals surface area contributed by atoms with E-state index in [0.717, 1.165) is 7.11 Å². The fourth-order valence-corrected chi connectivity index (χ4v) is 1.24. The summed E-state index contributed by atoms with van der Waals surface area (Å²) in [5.41, 5.74) is -1.50. The molecule has 19 heavy (non-hydrogen) atoms. The molecule has 1 aromatic heterocycles. The third kappa shape index (κ3) is 3.90. The number of ether oxygens (including phenoxy) is 3. The van der Waals surface area contributed by atoms with Crippen LogP contribution in [-0.4, -0.2) is 31.0 Å².